The third-order valence-electron chi connectivity index (χ3n) is 8.73. The van der Waals surface area contributed by atoms with Gasteiger partial charge in [-0.25, -0.2) is 0 Å². The molecule has 0 fully saturated rings. The average molecular weight is 514 g/mol. The summed E-state index contributed by atoms with van der Waals surface area (Å²) in [6.07, 6.45) is 8.12. The lowest BCUT2D eigenvalue weighted by Gasteiger charge is -2.16. The number of nitrogens with one attached hydrogen (secondary N) is 1. The van der Waals surface area contributed by atoms with Gasteiger partial charge in [-0.05, 0) is 60.9 Å². The van der Waals surface area contributed by atoms with Crippen LogP contribution in [0.25, 0.3) is 76.8 Å². The molecule has 0 aliphatic heterocycles. The van der Waals surface area contributed by atoms with Gasteiger partial charge in [0.05, 0.1) is 27.6 Å². The summed E-state index contributed by atoms with van der Waals surface area (Å²) in [7, 11) is 0. The lowest BCUT2D eigenvalue weighted by molar-refractivity contribution is 0.735. The zero-order chi connectivity index (χ0) is 26.4. The van der Waals surface area contributed by atoms with E-state index < -0.39 is 0 Å². The Morgan fingerprint density at radius 1 is 0.625 bits per heavy atom. The van der Waals surface area contributed by atoms with Crippen molar-refractivity contribution in [1.82, 2.24) is 14.1 Å². The van der Waals surface area contributed by atoms with Gasteiger partial charge in [0.25, 0.3) is 0 Å². The number of aromatic amines is 1. The van der Waals surface area contributed by atoms with Crippen LogP contribution in [0.5, 0.6) is 0 Å². The number of para-hydroxylation sites is 3. The lowest BCUT2D eigenvalue weighted by atomic mass is 10.0. The molecule has 3 nitrogen and oxygen atoms in total. The SMILES string of the molecule is CC1C=C(n2c3cc4c(cc3c3c5[nH]c6ccccc6c5ccc32)c2ccccc2n4-c2ccccc2)C=CC1. The lowest BCUT2D eigenvalue weighted by Crippen LogP contribution is -2.02. The zero-order valence-corrected chi connectivity index (χ0v) is 22.2. The zero-order valence-electron chi connectivity index (χ0n) is 22.2. The van der Waals surface area contributed by atoms with Crippen LogP contribution in [0.4, 0.5) is 0 Å². The normalized spacial score (nSPS) is 15.8. The van der Waals surface area contributed by atoms with Crippen LogP contribution < -0.4 is 0 Å². The Balaban J connectivity index is 1.52. The van der Waals surface area contributed by atoms with Gasteiger partial charge in [-0.2, -0.15) is 0 Å². The minimum atomic E-state index is 0.504. The maximum atomic E-state index is 3.80. The van der Waals surface area contributed by atoms with Crippen molar-refractivity contribution in [2.45, 2.75) is 13.3 Å². The van der Waals surface area contributed by atoms with Gasteiger partial charge >= 0.3 is 0 Å². The van der Waals surface area contributed by atoms with Gasteiger partial charge in [-0.3, -0.25) is 0 Å². The highest BCUT2D eigenvalue weighted by Crippen LogP contribution is 2.43. The Labute approximate surface area is 231 Å². The molecule has 1 N–H and O–H groups in total. The third kappa shape index (κ3) is 2.89. The Bertz CT molecular complexity index is 2360. The van der Waals surface area contributed by atoms with Gasteiger partial charge in [0.15, 0.2) is 0 Å². The minimum absolute atomic E-state index is 0.504. The van der Waals surface area contributed by atoms with Gasteiger partial charge in [-0.1, -0.05) is 79.7 Å². The molecule has 1 unspecified atom stereocenters. The van der Waals surface area contributed by atoms with Crippen molar-refractivity contribution >= 4 is 71.1 Å². The molecule has 0 saturated carbocycles. The molecule has 0 bridgehead atoms. The van der Waals surface area contributed by atoms with Crippen molar-refractivity contribution in [1.29, 1.82) is 0 Å². The molecule has 0 saturated heterocycles. The maximum Gasteiger partial charge on any atom is 0.0566 e. The number of H-pyrrole nitrogens is 1. The fourth-order valence-corrected chi connectivity index (χ4v) is 6.99. The molecule has 1 atom stereocenters. The first-order valence-corrected chi connectivity index (χ1v) is 14.1. The second-order valence-electron chi connectivity index (χ2n) is 11.2. The number of hydrogen-bond acceptors (Lipinski definition) is 0. The molecule has 1 aliphatic rings. The molecule has 5 aromatic carbocycles. The number of hydrogen-bond donors (Lipinski definition) is 1. The second-order valence-corrected chi connectivity index (χ2v) is 11.2. The smallest absolute Gasteiger partial charge is 0.0566 e. The van der Waals surface area contributed by atoms with E-state index in [0.29, 0.717) is 5.92 Å². The molecule has 0 spiro atoms. The number of benzene rings is 5. The summed E-state index contributed by atoms with van der Waals surface area (Å²) in [4.78, 5) is 3.80. The van der Waals surface area contributed by atoms with Crippen molar-refractivity contribution in [3.8, 4) is 5.69 Å². The number of fused-ring (bicyclic) bond motifs is 10. The van der Waals surface area contributed by atoms with Crippen LogP contribution in [0.1, 0.15) is 13.3 Å². The summed E-state index contributed by atoms with van der Waals surface area (Å²) in [5.74, 6) is 0.504. The van der Waals surface area contributed by atoms with E-state index in [4.69, 9.17) is 0 Å². The van der Waals surface area contributed by atoms with Crippen molar-refractivity contribution in [3.63, 3.8) is 0 Å². The second kappa shape index (κ2) is 8.00. The summed E-state index contributed by atoms with van der Waals surface area (Å²) < 4.78 is 4.90. The van der Waals surface area contributed by atoms with Crippen molar-refractivity contribution in [3.05, 3.63) is 121 Å². The highest BCUT2D eigenvalue weighted by Gasteiger charge is 2.21. The molecule has 3 heterocycles. The van der Waals surface area contributed by atoms with E-state index in [1.54, 1.807) is 0 Å². The van der Waals surface area contributed by atoms with Crippen molar-refractivity contribution in [2.24, 2.45) is 5.92 Å². The van der Waals surface area contributed by atoms with Crippen LogP contribution in [-0.2, 0) is 0 Å². The molecule has 9 rings (SSSR count). The highest BCUT2D eigenvalue weighted by atomic mass is 15.0. The quantitative estimate of drug-likeness (QED) is 0.238. The largest absolute Gasteiger partial charge is 0.354 e. The first-order chi connectivity index (χ1) is 19.8. The van der Waals surface area contributed by atoms with E-state index >= 15 is 0 Å². The average Bonchev–Trinajstić information content (AvgIpc) is 3.63. The molecular formula is C37H27N3. The molecule has 0 amide bonds. The monoisotopic (exact) mass is 513 g/mol. The molecular weight excluding hydrogens is 486 g/mol. The molecule has 8 aromatic rings. The van der Waals surface area contributed by atoms with Gasteiger partial charge in [0.1, 0.15) is 0 Å². The molecule has 0 radical (unpaired) electrons. The Morgan fingerprint density at radius 2 is 1.40 bits per heavy atom. The highest BCUT2D eigenvalue weighted by molar-refractivity contribution is 6.28. The predicted molar refractivity (Wildman–Crippen MR) is 170 cm³/mol. The van der Waals surface area contributed by atoms with Crippen molar-refractivity contribution in [2.75, 3.05) is 0 Å². The van der Waals surface area contributed by atoms with Crippen LogP contribution in [0.3, 0.4) is 0 Å². The molecule has 1 aliphatic carbocycles. The summed E-state index contributed by atoms with van der Waals surface area (Å²) in [5.41, 5.74) is 9.75. The van der Waals surface area contributed by atoms with Gasteiger partial charge in [0, 0.05) is 49.2 Å². The fourth-order valence-electron chi connectivity index (χ4n) is 6.99. The number of rotatable bonds is 2. The minimum Gasteiger partial charge on any atom is -0.354 e. The van der Waals surface area contributed by atoms with E-state index in [9.17, 15) is 0 Å². The van der Waals surface area contributed by atoms with Crippen LogP contribution in [-0.4, -0.2) is 14.1 Å². The predicted octanol–water partition coefficient (Wildman–Crippen LogP) is 9.96. The topological polar surface area (TPSA) is 25.6 Å². The van der Waals surface area contributed by atoms with E-state index in [0.717, 1.165) is 6.42 Å². The van der Waals surface area contributed by atoms with E-state index in [-0.39, 0.29) is 0 Å². The standard InChI is InChI=1S/C37H27N3/c1-23-10-9-13-25(20-23)40-33-19-18-28-26-14-5-7-16-31(26)38-37(28)36(33)30-21-29-27-15-6-8-17-32(27)39(34(29)22-35(30)40)24-11-3-2-4-12-24/h2-9,11-23,38H,10H2,1H3. The van der Waals surface area contributed by atoms with Gasteiger partial charge in [-0.15, -0.1) is 0 Å². The summed E-state index contributed by atoms with van der Waals surface area (Å²) in [6.45, 7) is 2.30. The van der Waals surface area contributed by atoms with Gasteiger partial charge < -0.3 is 14.1 Å². The fraction of sp³-hybridized carbons (Fsp3) is 0.0811. The molecule has 190 valence electrons. The first-order valence-electron chi connectivity index (χ1n) is 14.1. The van der Waals surface area contributed by atoms with Crippen LogP contribution in [0, 0.1) is 5.92 Å². The van der Waals surface area contributed by atoms with Crippen LogP contribution >= 0.6 is 0 Å². The van der Waals surface area contributed by atoms with Gasteiger partial charge in [0.2, 0.25) is 0 Å². The molecule has 3 heteroatoms. The summed E-state index contributed by atoms with van der Waals surface area (Å²) in [5, 5.41) is 7.67. The van der Waals surface area contributed by atoms with E-state index in [2.05, 4.69) is 142 Å². The molecule has 40 heavy (non-hydrogen) atoms. The van der Waals surface area contributed by atoms with Crippen LogP contribution in [0.2, 0.25) is 0 Å². The number of allylic oxidation sites excluding steroid dienone is 4. The summed E-state index contributed by atoms with van der Waals surface area (Å²) in [6, 6.07) is 37.6. The van der Waals surface area contributed by atoms with E-state index in [1.165, 1.54) is 76.8 Å². The molecule has 3 aromatic heterocycles. The maximum absolute atomic E-state index is 3.80. The number of nitrogens with zero attached hydrogens (tertiary/aromatic N) is 2. The summed E-state index contributed by atoms with van der Waals surface area (Å²) >= 11 is 0. The van der Waals surface area contributed by atoms with E-state index in [1.807, 2.05) is 0 Å². The third-order valence-corrected chi connectivity index (χ3v) is 8.73. The van der Waals surface area contributed by atoms with Crippen molar-refractivity contribution < 1.29 is 0 Å². The Hall–Kier alpha value is -5.02. The Kier molecular flexibility index (Phi) is 4.37. The first kappa shape index (κ1) is 21.9. The Morgan fingerprint density at radius 3 is 2.27 bits per heavy atom. The van der Waals surface area contributed by atoms with Crippen LogP contribution in [0.15, 0.2) is 121 Å². The number of aromatic nitrogens is 3.